The maximum atomic E-state index is 14.2. The lowest BCUT2D eigenvalue weighted by Gasteiger charge is -2.52. The van der Waals surface area contributed by atoms with Gasteiger partial charge in [0.05, 0.1) is 0 Å². The van der Waals surface area contributed by atoms with E-state index in [-0.39, 0.29) is 0 Å². The van der Waals surface area contributed by atoms with Crippen molar-refractivity contribution in [3.8, 4) is 0 Å². The van der Waals surface area contributed by atoms with Gasteiger partial charge in [-0.05, 0) is 0 Å². The van der Waals surface area contributed by atoms with E-state index in [1.165, 1.54) is 0 Å². The van der Waals surface area contributed by atoms with Gasteiger partial charge in [0.15, 0.2) is 0 Å². The number of rotatable bonds is 8. The van der Waals surface area contributed by atoms with Crippen LogP contribution >= 0.6 is 0 Å². The van der Waals surface area contributed by atoms with E-state index in [2.05, 4.69) is 0 Å². The van der Waals surface area contributed by atoms with E-state index in [4.69, 9.17) is 0 Å². The zero-order chi connectivity index (χ0) is 37.7. The SMILES string of the molecule is FC(F)(F)C(F)(F)C(F)(F)C(F)(F)C(OC(C(F)(F)F)(C(F)(F)F)C(F)(F)C(F)(F)C(F)(F)C(F)(F)F)(C(F)(F)F)C(F)(F)F. The number of halogens is 30. The largest absolute Gasteiger partial charge is 0.460 e. The van der Waals surface area contributed by atoms with Crippen LogP contribution in [-0.2, 0) is 4.74 Å². The standard InChI is InChI=1S/C14F30O/c15-3(16,5(19,20)7(23,24)13(39,40)41)1(9(27,28)29,10(30,31)32)45-2(11(33,34)35,12(36,37)38)4(17,18)6(21,22)8(25,26)14(42,43)44. The molecule has 0 aliphatic carbocycles. The summed E-state index contributed by atoms with van der Waals surface area (Å²) in [5.41, 5.74) is -20.8. The number of hydrogen-bond acceptors (Lipinski definition) is 1. The molecule has 1 nitrogen and oxygen atoms in total. The van der Waals surface area contributed by atoms with Gasteiger partial charge in [0.1, 0.15) is 0 Å². The summed E-state index contributed by atoms with van der Waals surface area (Å²) in [4.78, 5) is 0. The van der Waals surface area contributed by atoms with Crippen LogP contribution in [0.3, 0.4) is 0 Å². The molecule has 0 aromatic rings. The van der Waals surface area contributed by atoms with Gasteiger partial charge >= 0.3 is 83.8 Å². The molecule has 0 aliphatic heterocycles. The first-order chi connectivity index (χ1) is 18.7. The molecule has 0 fully saturated rings. The molecule has 0 bridgehead atoms. The lowest BCUT2D eigenvalue weighted by molar-refractivity contribution is -0.557. The van der Waals surface area contributed by atoms with Crippen molar-refractivity contribution >= 4 is 0 Å². The zero-order valence-corrected chi connectivity index (χ0v) is 18.7. The second kappa shape index (κ2) is 10.2. The predicted octanol–water partition coefficient (Wildman–Crippen LogP) is 9.67. The van der Waals surface area contributed by atoms with Crippen molar-refractivity contribution in [1.29, 1.82) is 0 Å². The van der Waals surface area contributed by atoms with Crippen LogP contribution in [-0.4, -0.2) is 83.8 Å². The molecule has 0 saturated carbocycles. The summed E-state index contributed by atoms with van der Waals surface area (Å²) in [6.45, 7) is 0. The average molecular weight is 754 g/mol. The van der Waals surface area contributed by atoms with E-state index in [1.807, 2.05) is 0 Å². The zero-order valence-electron chi connectivity index (χ0n) is 18.7. The maximum Gasteiger partial charge on any atom is 0.460 e. The van der Waals surface area contributed by atoms with Crippen molar-refractivity contribution in [2.75, 3.05) is 0 Å². The minimum absolute atomic E-state index is 0.440. The Morgan fingerprint density at radius 2 is 0.333 bits per heavy atom. The Hall–Kier alpha value is -2.14. The molecule has 0 spiro atoms. The van der Waals surface area contributed by atoms with Gasteiger partial charge < -0.3 is 4.74 Å². The molecule has 272 valence electrons. The fraction of sp³-hybridized carbons (Fsp3) is 1.00. The topological polar surface area (TPSA) is 9.23 Å². The fourth-order valence-electron chi connectivity index (χ4n) is 2.82. The second-order valence-corrected chi connectivity index (χ2v) is 7.90. The Kier molecular flexibility index (Phi) is 9.69. The summed E-state index contributed by atoms with van der Waals surface area (Å²) in [7, 11) is 0. The van der Waals surface area contributed by atoms with E-state index in [9.17, 15) is 132 Å². The Morgan fingerprint density at radius 3 is 0.444 bits per heavy atom. The third-order valence-electron chi connectivity index (χ3n) is 5.08. The lowest BCUT2D eigenvalue weighted by atomic mass is 9.81. The highest BCUT2D eigenvalue weighted by molar-refractivity contribution is 5.22. The highest BCUT2D eigenvalue weighted by Crippen LogP contribution is 2.70. The van der Waals surface area contributed by atoms with Crippen molar-refractivity contribution in [1.82, 2.24) is 0 Å². The van der Waals surface area contributed by atoms with Gasteiger partial charge in [-0.15, -0.1) is 0 Å². The molecule has 0 atom stereocenters. The molecule has 0 amide bonds. The minimum atomic E-state index is -10.4. The molecule has 0 saturated heterocycles. The Morgan fingerprint density at radius 1 is 0.178 bits per heavy atom. The third-order valence-corrected chi connectivity index (χ3v) is 5.08. The lowest BCUT2D eigenvalue weighted by Crippen LogP contribution is -2.85. The van der Waals surface area contributed by atoms with Gasteiger partial charge in [0.25, 0.3) is 0 Å². The highest BCUT2D eigenvalue weighted by atomic mass is 19.5. The summed E-state index contributed by atoms with van der Waals surface area (Å²) in [6.07, 6.45) is -56.2. The first-order valence-corrected chi connectivity index (χ1v) is 9.08. The van der Waals surface area contributed by atoms with E-state index in [0.29, 0.717) is 4.74 Å². The van der Waals surface area contributed by atoms with Crippen LogP contribution in [0.15, 0.2) is 0 Å². The molecule has 0 N–H and O–H groups in total. The molecule has 31 heteroatoms. The van der Waals surface area contributed by atoms with Crippen LogP contribution in [0.4, 0.5) is 132 Å². The van der Waals surface area contributed by atoms with Crippen LogP contribution in [0.5, 0.6) is 0 Å². The van der Waals surface area contributed by atoms with Crippen LogP contribution in [0, 0.1) is 0 Å². The predicted molar refractivity (Wildman–Crippen MR) is 72.6 cm³/mol. The fourth-order valence-corrected chi connectivity index (χ4v) is 2.82. The molecule has 0 aromatic heterocycles. The smallest absolute Gasteiger partial charge is 0.324 e. The van der Waals surface area contributed by atoms with Gasteiger partial charge in [-0.3, -0.25) is 0 Å². The van der Waals surface area contributed by atoms with Crippen molar-refractivity contribution in [2.45, 2.75) is 83.8 Å². The van der Waals surface area contributed by atoms with Gasteiger partial charge in [-0.25, -0.2) is 0 Å². The first kappa shape index (κ1) is 42.9. The van der Waals surface area contributed by atoms with Crippen molar-refractivity contribution < 1.29 is 136 Å². The summed E-state index contributed by atoms with van der Waals surface area (Å²) in [6, 6.07) is 0. The van der Waals surface area contributed by atoms with Crippen molar-refractivity contribution in [3.63, 3.8) is 0 Å². The summed E-state index contributed by atoms with van der Waals surface area (Å²) < 4.78 is 397. The molecule has 45 heavy (non-hydrogen) atoms. The van der Waals surface area contributed by atoms with E-state index >= 15 is 0 Å². The monoisotopic (exact) mass is 754 g/mol. The molecule has 0 heterocycles. The van der Waals surface area contributed by atoms with Crippen LogP contribution in [0.25, 0.3) is 0 Å². The molecular formula is C14F30O. The molecule has 0 aromatic carbocycles. The Bertz CT molecular complexity index is 939. The Labute approximate surface area is 222 Å². The molecule has 0 unspecified atom stereocenters. The maximum absolute atomic E-state index is 14.2. The molecule has 0 rings (SSSR count). The Balaban J connectivity index is 9.00. The number of hydrogen-bond donors (Lipinski definition) is 0. The normalized spacial score (nSPS) is 17.2. The van der Waals surface area contributed by atoms with Gasteiger partial charge in [-0.2, -0.15) is 132 Å². The number of alkyl halides is 30. The molecule has 0 radical (unpaired) electrons. The quantitative estimate of drug-likeness (QED) is 0.225. The summed E-state index contributed by atoms with van der Waals surface area (Å²) in [5, 5.41) is 0. The third kappa shape index (κ3) is 5.32. The molecule has 0 aliphatic rings. The second-order valence-electron chi connectivity index (χ2n) is 7.90. The van der Waals surface area contributed by atoms with E-state index in [1.54, 1.807) is 0 Å². The van der Waals surface area contributed by atoms with Crippen molar-refractivity contribution in [2.24, 2.45) is 0 Å². The van der Waals surface area contributed by atoms with E-state index in [0.717, 1.165) is 0 Å². The van der Waals surface area contributed by atoms with E-state index < -0.39 is 83.8 Å². The summed E-state index contributed by atoms with van der Waals surface area (Å²) >= 11 is 0. The average Bonchev–Trinajstić information content (AvgIpc) is 2.67. The van der Waals surface area contributed by atoms with Gasteiger partial charge in [-0.1, -0.05) is 0 Å². The number of ether oxygens (including phenoxy) is 1. The van der Waals surface area contributed by atoms with Crippen molar-refractivity contribution in [3.05, 3.63) is 0 Å². The van der Waals surface area contributed by atoms with Crippen LogP contribution in [0.2, 0.25) is 0 Å². The molecular weight excluding hydrogens is 754 g/mol. The summed E-state index contributed by atoms with van der Waals surface area (Å²) in [5.74, 6) is -58.8. The van der Waals surface area contributed by atoms with Gasteiger partial charge in [0.2, 0.25) is 0 Å². The van der Waals surface area contributed by atoms with Crippen LogP contribution < -0.4 is 0 Å². The first-order valence-electron chi connectivity index (χ1n) is 9.08. The van der Waals surface area contributed by atoms with Crippen LogP contribution in [0.1, 0.15) is 0 Å². The van der Waals surface area contributed by atoms with Gasteiger partial charge in [0, 0.05) is 0 Å². The minimum Gasteiger partial charge on any atom is -0.324 e. The highest BCUT2D eigenvalue weighted by Gasteiger charge is 3.02.